The molecule has 2 bridgehead atoms. The zero-order valence-corrected chi connectivity index (χ0v) is 10.8. The molecule has 2 fully saturated rings. The third-order valence-corrected chi connectivity index (χ3v) is 4.71. The lowest BCUT2D eigenvalue weighted by atomic mass is 10.1. The van der Waals surface area contributed by atoms with Crippen molar-refractivity contribution in [2.24, 2.45) is 5.92 Å². The number of anilines is 1. The lowest BCUT2D eigenvalue weighted by Gasteiger charge is -2.14. The average molecular weight is 249 g/mol. The van der Waals surface area contributed by atoms with Crippen molar-refractivity contribution < 1.29 is 0 Å². The number of thioether (sulfide) groups is 1. The van der Waals surface area contributed by atoms with E-state index in [1.807, 2.05) is 24.0 Å². The second-order valence-corrected chi connectivity index (χ2v) is 6.05. The van der Waals surface area contributed by atoms with Crippen LogP contribution in [-0.4, -0.2) is 29.9 Å². The molecule has 0 amide bonds. The minimum absolute atomic E-state index is 0.921. The molecule has 3 nitrogen and oxygen atoms in total. The first-order valence-corrected chi connectivity index (χ1v) is 7.45. The summed E-state index contributed by atoms with van der Waals surface area (Å²) >= 11 is 1.86. The van der Waals surface area contributed by atoms with Gasteiger partial charge in [0.2, 0.25) is 0 Å². The van der Waals surface area contributed by atoms with Crippen LogP contribution in [0.3, 0.4) is 0 Å². The van der Waals surface area contributed by atoms with Gasteiger partial charge in [0, 0.05) is 29.4 Å². The molecule has 2 aliphatic heterocycles. The number of piperidine rings is 1. The molecular weight excluding hydrogens is 230 g/mol. The largest absolute Gasteiger partial charge is 0.368 e. The van der Waals surface area contributed by atoms with Crippen LogP contribution in [0.4, 0.5) is 5.82 Å². The Morgan fingerprint density at radius 2 is 2.35 bits per heavy atom. The predicted octanol–water partition coefficient (Wildman–Crippen LogP) is 2.36. The lowest BCUT2D eigenvalue weighted by molar-refractivity contribution is 0.504. The first-order chi connectivity index (χ1) is 8.42. The Kier molecular flexibility index (Phi) is 3.52. The first-order valence-electron chi connectivity index (χ1n) is 6.47. The van der Waals surface area contributed by atoms with Gasteiger partial charge in [-0.05, 0) is 43.9 Å². The maximum absolute atomic E-state index is 4.19. The molecule has 3 aliphatic rings. The van der Waals surface area contributed by atoms with Gasteiger partial charge in [0.15, 0.2) is 0 Å². The molecule has 0 spiro atoms. The Hall–Kier alpha value is -0.740. The van der Waals surface area contributed by atoms with E-state index in [0.717, 1.165) is 30.1 Å². The Labute approximate surface area is 107 Å². The van der Waals surface area contributed by atoms with Crippen LogP contribution in [0.5, 0.6) is 0 Å². The number of hydrogen-bond acceptors (Lipinski definition) is 4. The van der Waals surface area contributed by atoms with Gasteiger partial charge in [-0.3, -0.25) is 0 Å². The summed E-state index contributed by atoms with van der Waals surface area (Å²) in [6.07, 6.45) is 6.24. The van der Waals surface area contributed by atoms with Crippen LogP contribution in [0.15, 0.2) is 23.2 Å². The molecule has 1 aromatic rings. The number of nitrogens with zero attached hydrogens (tertiary/aromatic N) is 1. The fraction of sp³-hybridized carbons (Fsp3) is 0.615. The molecule has 2 unspecified atom stereocenters. The van der Waals surface area contributed by atoms with E-state index in [1.54, 1.807) is 0 Å². The topological polar surface area (TPSA) is 37.0 Å². The van der Waals surface area contributed by atoms with Crippen molar-refractivity contribution in [3.63, 3.8) is 0 Å². The average Bonchev–Trinajstić information content (AvgIpc) is 3.04. The van der Waals surface area contributed by atoms with Gasteiger partial charge in [0.05, 0.1) is 0 Å². The van der Waals surface area contributed by atoms with Crippen LogP contribution in [-0.2, 0) is 0 Å². The summed E-state index contributed by atoms with van der Waals surface area (Å²) in [7, 11) is 0. The van der Waals surface area contributed by atoms with Crippen molar-refractivity contribution >= 4 is 17.6 Å². The van der Waals surface area contributed by atoms with E-state index in [9.17, 15) is 0 Å². The molecule has 1 saturated carbocycles. The van der Waals surface area contributed by atoms with Crippen molar-refractivity contribution in [2.75, 3.05) is 24.2 Å². The fourth-order valence-electron chi connectivity index (χ4n) is 2.75. The quantitative estimate of drug-likeness (QED) is 0.740. The zero-order chi connectivity index (χ0) is 11.5. The highest BCUT2D eigenvalue weighted by Crippen LogP contribution is 2.30. The van der Waals surface area contributed by atoms with E-state index >= 15 is 0 Å². The van der Waals surface area contributed by atoms with Crippen LogP contribution in [0.2, 0.25) is 0 Å². The minimum Gasteiger partial charge on any atom is -0.368 e. The molecule has 1 aromatic heterocycles. The maximum Gasteiger partial charge on any atom is 0.139 e. The van der Waals surface area contributed by atoms with Gasteiger partial charge in [-0.1, -0.05) is 0 Å². The number of pyridine rings is 1. The number of fused-ring (bicyclic) bond motifs is 3. The number of hydrogen-bond donors (Lipinski definition) is 2. The summed E-state index contributed by atoms with van der Waals surface area (Å²) in [4.78, 5) is 5.46. The lowest BCUT2D eigenvalue weighted by Crippen LogP contribution is -2.23. The van der Waals surface area contributed by atoms with Gasteiger partial charge >= 0.3 is 0 Å². The van der Waals surface area contributed by atoms with Crippen LogP contribution in [0, 0.1) is 5.92 Å². The molecule has 2 atom stereocenters. The normalized spacial score (nSPS) is 28.9. The summed E-state index contributed by atoms with van der Waals surface area (Å²) < 4.78 is 0. The van der Waals surface area contributed by atoms with E-state index < -0.39 is 0 Å². The SMILES string of the molecule is C1CC2CC1CN2.c1cnc2c(c1)SCCN2. The Morgan fingerprint density at radius 1 is 1.35 bits per heavy atom. The molecule has 2 N–H and O–H groups in total. The molecule has 1 saturated heterocycles. The summed E-state index contributed by atoms with van der Waals surface area (Å²) in [5.41, 5.74) is 0. The van der Waals surface area contributed by atoms with Crippen molar-refractivity contribution in [1.82, 2.24) is 10.3 Å². The van der Waals surface area contributed by atoms with E-state index in [1.165, 1.54) is 30.7 Å². The second kappa shape index (κ2) is 5.27. The molecule has 17 heavy (non-hydrogen) atoms. The number of nitrogens with one attached hydrogen (secondary N) is 2. The minimum atomic E-state index is 0.921. The molecule has 1 aliphatic carbocycles. The van der Waals surface area contributed by atoms with Crippen LogP contribution >= 0.6 is 11.8 Å². The summed E-state index contributed by atoms with van der Waals surface area (Å²) in [6, 6.07) is 4.99. The third-order valence-electron chi connectivity index (χ3n) is 3.66. The molecule has 4 heteroatoms. The molecule has 0 aromatic carbocycles. The van der Waals surface area contributed by atoms with Gasteiger partial charge < -0.3 is 10.6 Å². The van der Waals surface area contributed by atoms with Gasteiger partial charge in [-0.15, -0.1) is 11.8 Å². The Morgan fingerprint density at radius 3 is 2.94 bits per heavy atom. The number of aromatic nitrogens is 1. The highest BCUT2D eigenvalue weighted by Gasteiger charge is 2.30. The van der Waals surface area contributed by atoms with Crippen molar-refractivity contribution in [3.05, 3.63) is 18.3 Å². The monoisotopic (exact) mass is 249 g/mol. The summed E-state index contributed by atoms with van der Waals surface area (Å²) in [5.74, 6) is 3.25. The van der Waals surface area contributed by atoms with Gasteiger partial charge in [0.1, 0.15) is 5.82 Å². The highest BCUT2D eigenvalue weighted by molar-refractivity contribution is 7.99. The van der Waals surface area contributed by atoms with Crippen molar-refractivity contribution in [1.29, 1.82) is 0 Å². The van der Waals surface area contributed by atoms with Crippen molar-refractivity contribution in [3.8, 4) is 0 Å². The molecule has 4 rings (SSSR count). The second-order valence-electron chi connectivity index (χ2n) is 4.91. The standard InChI is InChI=1S/C7H8N2S.C6H11N/c1-2-6-7(8-3-1)9-4-5-10-6;1-2-6-3-5(1)4-7-6/h1-3H,4-5H2,(H,8,9);5-7H,1-4H2. The van der Waals surface area contributed by atoms with Gasteiger partial charge in [-0.25, -0.2) is 4.98 Å². The van der Waals surface area contributed by atoms with Crippen LogP contribution in [0.1, 0.15) is 19.3 Å². The van der Waals surface area contributed by atoms with Gasteiger partial charge in [-0.2, -0.15) is 0 Å². The van der Waals surface area contributed by atoms with Crippen LogP contribution in [0.25, 0.3) is 0 Å². The third kappa shape index (κ3) is 2.75. The Balaban J connectivity index is 0.000000113. The van der Waals surface area contributed by atoms with E-state index in [0.29, 0.717) is 0 Å². The summed E-state index contributed by atoms with van der Waals surface area (Å²) in [5, 5.41) is 6.69. The highest BCUT2D eigenvalue weighted by atomic mass is 32.2. The first kappa shape index (κ1) is 11.4. The molecular formula is C13H19N3S. The van der Waals surface area contributed by atoms with E-state index in [2.05, 4.69) is 21.7 Å². The van der Waals surface area contributed by atoms with Crippen molar-refractivity contribution in [2.45, 2.75) is 30.2 Å². The predicted molar refractivity (Wildman–Crippen MR) is 72.6 cm³/mol. The molecule has 92 valence electrons. The van der Waals surface area contributed by atoms with E-state index in [-0.39, 0.29) is 0 Å². The zero-order valence-electron chi connectivity index (χ0n) is 9.98. The maximum atomic E-state index is 4.19. The molecule has 3 heterocycles. The smallest absolute Gasteiger partial charge is 0.139 e. The Bertz CT molecular complexity index is 340. The van der Waals surface area contributed by atoms with Gasteiger partial charge in [0.25, 0.3) is 0 Å². The number of rotatable bonds is 0. The van der Waals surface area contributed by atoms with E-state index in [4.69, 9.17) is 0 Å². The summed E-state index contributed by atoms with van der Waals surface area (Å²) in [6.45, 7) is 2.35. The van der Waals surface area contributed by atoms with Crippen LogP contribution < -0.4 is 10.6 Å². The fourth-order valence-corrected chi connectivity index (χ4v) is 3.61. The molecule has 0 radical (unpaired) electrons.